The molecule has 0 bridgehead atoms. The van der Waals surface area contributed by atoms with E-state index in [0.29, 0.717) is 33.7 Å². The monoisotopic (exact) mass is 438 g/mol. The molecule has 0 saturated carbocycles. The molecule has 2 heterocycles. The zero-order valence-corrected chi connectivity index (χ0v) is 18.3. The van der Waals surface area contributed by atoms with Gasteiger partial charge >= 0.3 is 0 Å². The Hall–Kier alpha value is -3.16. The second kappa shape index (κ2) is 8.53. The fourth-order valence-electron chi connectivity index (χ4n) is 3.33. The number of aliphatic imine (C=N–C) groups is 1. The average Bonchev–Trinajstić information content (AvgIpc) is 3.17. The molecule has 0 aliphatic carbocycles. The first-order valence-electron chi connectivity index (χ1n) is 9.95. The molecular weight excluding hydrogens is 416 g/mol. The molecule has 0 saturated heterocycles. The van der Waals surface area contributed by atoms with Gasteiger partial charge in [-0.1, -0.05) is 23.7 Å². The lowest BCUT2D eigenvalue weighted by Gasteiger charge is -2.25. The summed E-state index contributed by atoms with van der Waals surface area (Å²) in [4.78, 5) is 23.7. The second-order valence-corrected chi connectivity index (χ2v) is 8.10. The van der Waals surface area contributed by atoms with Gasteiger partial charge in [0.25, 0.3) is 0 Å². The summed E-state index contributed by atoms with van der Waals surface area (Å²) in [6, 6.07) is 11.4. The van der Waals surface area contributed by atoms with Crippen LogP contribution in [0, 0.1) is 0 Å². The number of nitrogens with zero attached hydrogens (tertiary/aromatic N) is 3. The van der Waals surface area contributed by atoms with Gasteiger partial charge in [0.15, 0.2) is 0 Å². The predicted octanol–water partition coefficient (Wildman–Crippen LogP) is 4.79. The summed E-state index contributed by atoms with van der Waals surface area (Å²) in [5.74, 6) is 0.236. The molecule has 7 nitrogen and oxygen atoms in total. The molecule has 0 fully saturated rings. The van der Waals surface area contributed by atoms with E-state index in [9.17, 15) is 9.90 Å². The van der Waals surface area contributed by atoms with Crippen LogP contribution in [0.25, 0.3) is 11.5 Å². The lowest BCUT2D eigenvalue weighted by Crippen LogP contribution is -2.25. The number of aromatic nitrogens is 1. The van der Waals surface area contributed by atoms with Crippen LogP contribution in [-0.2, 0) is 11.4 Å². The predicted molar refractivity (Wildman–Crippen MR) is 122 cm³/mol. The number of hydrogen-bond donors (Lipinski definition) is 2. The normalized spacial score (nSPS) is 13.5. The Morgan fingerprint density at radius 2 is 2.03 bits per heavy atom. The van der Waals surface area contributed by atoms with Gasteiger partial charge in [-0.05, 0) is 43.7 Å². The van der Waals surface area contributed by atoms with Crippen LogP contribution in [0.15, 0.2) is 52.1 Å². The van der Waals surface area contributed by atoms with E-state index >= 15 is 0 Å². The summed E-state index contributed by atoms with van der Waals surface area (Å²) in [5, 5.41) is 12.7. The molecule has 1 aliphatic rings. The largest absolute Gasteiger partial charge is 0.444 e. The first-order chi connectivity index (χ1) is 14.9. The minimum atomic E-state index is -0.192. The fourth-order valence-corrected chi connectivity index (χ4v) is 3.63. The van der Waals surface area contributed by atoms with Crippen LogP contribution in [-0.4, -0.2) is 34.8 Å². The third-order valence-electron chi connectivity index (χ3n) is 5.23. The van der Waals surface area contributed by atoms with Gasteiger partial charge in [-0.25, -0.2) is 4.98 Å². The van der Waals surface area contributed by atoms with E-state index in [0.717, 1.165) is 16.8 Å². The summed E-state index contributed by atoms with van der Waals surface area (Å²) in [7, 11) is 1.97. The van der Waals surface area contributed by atoms with Crippen molar-refractivity contribution in [3.8, 4) is 11.5 Å². The molecule has 2 N–H and O–H groups in total. The molecule has 0 atom stereocenters. The van der Waals surface area contributed by atoms with E-state index in [1.165, 1.54) is 6.26 Å². The molecule has 3 aromatic rings. The molecule has 0 spiro atoms. The summed E-state index contributed by atoms with van der Waals surface area (Å²) < 4.78 is 5.45. The number of benzene rings is 2. The van der Waals surface area contributed by atoms with E-state index in [-0.39, 0.29) is 25.0 Å². The number of fused-ring (bicyclic) bond motifs is 1. The Labute approximate surface area is 185 Å². The maximum Gasteiger partial charge on any atom is 0.230 e. The van der Waals surface area contributed by atoms with E-state index < -0.39 is 0 Å². The molecule has 2 aromatic carbocycles. The van der Waals surface area contributed by atoms with Crippen molar-refractivity contribution in [3.63, 3.8) is 0 Å². The van der Waals surface area contributed by atoms with Crippen LogP contribution in [0.3, 0.4) is 0 Å². The first kappa shape index (κ1) is 21.1. The van der Waals surface area contributed by atoms with Gasteiger partial charge in [0, 0.05) is 18.7 Å². The van der Waals surface area contributed by atoms with Gasteiger partial charge in [-0.3, -0.25) is 9.79 Å². The quantitative estimate of drug-likeness (QED) is 0.597. The lowest BCUT2D eigenvalue weighted by atomic mass is 10.0. The number of anilines is 2. The first-order valence-corrected chi connectivity index (χ1v) is 10.3. The molecule has 0 unspecified atom stereocenters. The fraction of sp³-hybridized carbons (Fsp3) is 0.261. The maximum atomic E-state index is 12.6. The minimum Gasteiger partial charge on any atom is -0.444 e. The Kier molecular flexibility index (Phi) is 5.80. The number of hydrogen-bond acceptors (Lipinski definition) is 6. The molecule has 4 rings (SSSR count). The zero-order valence-electron chi connectivity index (χ0n) is 17.5. The highest BCUT2D eigenvalue weighted by Crippen LogP contribution is 2.39. The van der Waals surface area contributed by atoms with E-state index in [4.69, 9.17) is 21.0 Å². The van der Waals surface area contributed by atoms with Crippen molar-refractivity contribution in [1.82, 2.24) is 4.98 Å². The Morgan fingerprint density at radius 1 is 1.26 bits per heavy atom. The maximum absolute atomic E-state index is 12.6. The van der Waals surface area contributed by atoms with Crippen molar-refractivity contribution in [1.29, 1.82) is 0 Å². The number of rotatable bonds is 5. The van der Waals surface area contributed by atoms with Crippen molar-refractivity contribution in [2.45, 2.75) is 32.9 Å². The highest BCUT2D eigenvalue weighted by molar-refractivity contribution is 6.34. The SMILES string of the molecule is CC(C)N(C)c1cc2c(cc1Cl)NC(=O)CC(c1cccc(-c3nc(CO)co3)c1)=N2. The summed E-state index contributed by atoms with van der Waals surface area (Å²) in [6.07, 6.45) is 1.55. The van der Waals surface area contributed by atoms with Crippen LogP contribution in [0.2, 0.25) is 5.02 Å². The highest BCUT2D eigenvalue weighted by Gasteiger charge is 2.21. The summed E-state index contributed by atoms with van der Waals surface area (Å²) >= 11 is 6.48. The third kappa shape index (κ3) is 4.33. The van der Waals surface area contributed by atoms with Crippen molar-refractivity contribution in [3.05, 3.63) is 58.9 Å². The van der Waals surface area contributed by atoms with Crippen LogP contribution in [0.4, 0.5) is 17.1 Å². The number of carbonyl (C=O) groups excluding carboxylic acids is 1. The molecule has 160 valence electrons. The van der Waals surface area contributed by atoms with Crippen molar-refractivity contribution < 1.29 is 14.3 Å². The summed E-state index contributed by atoms with van der Waals surface area (Å²) in [5.41, 5.74) is 4.70. The Balaban J connectivity index is 1.77. The average molecular weight is 439 g/mol. The Morgan fingerprint density at radius 3 is 2.74 bits per heavy atom. The number of oxazole rings is 1. The van der Waals surface area contributed by atoms with E-state index in [1.54, 1.807) is 6.07 Å². The standard InChI is InChI=1S/C23H23ClN4O3/c1-13(2)28(3)21-9-20-19(8-17(21)24)27-22(30)10-18(26-20)14-5-4-6-15(7-14)23-25-16(11-29)12-31-23/h4-9,12-13,29H,10-11H2,1-3H3,(H,27,30). The van der Waals surface area contributed by atoms with Crippen molar-refractivity contribution >= 4 is 40.3 Å². The molecule has 8 heteroatoms. The molecule has 1 aromatic heterocycles. The number of amides is 1. The van der Waals surface area contributed by atoms with Gasteiger partial charge in [0.2, 0.25) is 11.8 Å². The molecule has 1 amide bonds. The highest BCUT2D eigenvalue weighted by atomic mass is 35.5. The number of nitrogens with one attached hydrogen (secondary N) is 1. The minimum absolute atomic E-state index is 0.124. The molecule has 1 aliphatic heterocycles. The smallest absolute Gasteiger partial charge is 0.230 e. The van der Waals surface area contributed by atoms with Crippen LogP contribution in [0.1, 0.15) is 31.5 Å². The third-order valence-corrected chi connectivity index (χ3v) is 5.54. The van der Waals surface area contributed by atoms with E-state index in [2.05, 4.69) is 29.0 Å². The number of aliphatic hydroxyl groups is 1. The zero-order chi connectivity index (χ0) is 22.1. The van der Waals surface area contributed by atoms with E-state index in [1.807, 2.05) is 37.4 Å². The van der Waals surface area contributed by atoms with Gasteiger partial charge in [-0.15, -0.1) is 0 Å². The number of carbonyl (C=O) groups is 1. The van der Waals surface area contributed by atoms with Gasteiger partial charge in [0.05, 0.1) is 40.8 Å². The van der Waals surface area contributed by atoms with Gasteiger partial charge < -0.3 is 19.7 Å². The van der Waals surface area contributed by atoms with Crippen LogP contribution in [0.5, 0.6) is 0 Å². The van der Waals surface area contributed by atoms with Gasteiger partial charge in [-0.2, -0.15) is 0 Å². The van der Waals surface area contributed by atoms with Crippen LogP contribution >= 0.6 is 11.6 Å². The molecular formula is C23H23ClN4O3. The topological polar surface area (TPSA) is 91.0 Å². The van der Waals surface area contributed by atoms with Crippen molar-refractivity contribution in [2.75, 3.05) is 17.3 Å². The molecule has 31 heavy (non-hydrogen) atoms. The van der Waals surface area contributed by atoms with Crippen molar-refractivity contribution in [2.24, 2.45) is 4.99 Å². The van der Waals surface area contributed by atoms with Crippen LogP contribution < -0.4 is 10.2 Å². The van der Waals surface area contributed by atoms with Gasteiger partial charge in [0.1, 0.15) is 12.0 Å². The second-order valence-electron chi connectivity index (χ2n) is 7.69. The Bertz CT molecular complexity index is 1170. The lowest BCUT2D eigenvalue weighted by molar-refractivity contribution is -0.115. The number of aliphatic hydroxyl groups excluding tert-OH is 1. The number of halogens is 1. The molecule has 0 radical (unpaired) electrons. The summed E-state index contributed by atoms with van der Waals surface area (Å²) in [6.45, 7) is 3.96.